The molecule has 0 bridgehead atoms. The molecule has 1 aromatic rings. The number of nitrogens with one attached hydrogen (secondary N) is 2. The highest BCUT2D eigenvalue weighted by molar-refractivity contribution is 5.82. The van der Waals surface area contributed by atoms with E-state index in [0.29, 0.717) is 25.2 Å². The van der Waals surface area contributed by atoms with Gasteiger partial charge in [-0.2, -0.15) is 4.98 Å². The Kier molecular flexibility index (Phi) is 5.77. The van der Waals surface area contributed by atoms with Crippen LogP contribution in [-0.4, -0.2) is 39.8 Å². The molecule has 0 fully saturated rings. The van der Waals surface area contributed by atoms with Crippen LogP contribution in [-0.2, 0) is 11.2 Å². The van der Waals surface area contributed by atoms with Gasteiger partial charge in [-0.1, -0.05) is 25.4 Å². The van der Waals surface area contributed by atoms with Crippen molar-refractivity contribution in [2.75, 3.05) is 6.54 Å². The quantitative estimate of drug-likeness (QED) is 0.660. The number of carboxylic acid groups (broad SMARTS) is 1. The smallest absolute Gasteiger partial charge is 0.326 e. The second kappa shape index (κ2) is 7.34. The van der Waals surface area contributed by atoms with Crippen LogP contribution in [0.3, 0.4) is 0 Å². The summed E-state index contributed by atoms with van der Waals surface area (Å²) >= 11 is 0. The van der Waals surface area contributed by atoms with Gasteiger partial charge in [-0.3, -0.25) is 0 Å². The topological polar surface area (TPSA) is 117 Å². The number of amides is 2. The minimum Gasteiger partial charge on any atom is -0.480 e. The third-order valence-electron chi connectivity index (χ3n) is 2.81. The molecular weight excluding hydrogens is 252 g/mol. The van der Waals surface area contributed by atoms with Crippen LogP contribution in [0.15, 0.2) is 10.9 Å². The van der Waals surface area contributed by atoms with Crippen LogP contribution in [0.4, 0.5) is 4.79 Å². The Morgan fingerprint density at radius 1 is 1.53 bits per heavy atom. The van der Waals surface area contributed by atoms with Gasteiger partial charge in [-0.15, -0.1) is 0 Å². The van der Waals surface area contributed by atoms with E-state index in [1.807, 2.05) is 6.92 Å². The van der Waals surface area contributed by atoms with Crippen molar-refractivity contribution in [2.45, 2.75) is 32.7 Å². The van der Waals surface area contributed by atoms with Gasteiger partial charge in [0.25, 0.3) is 0 Å². The molecule has 19 heavy (non-hydrogen) atoms. The van der Waals surface area contributed by atoms with Crippen LogP contribution in [0, 0.1) is 5.92 Å². The number of aromatic nitrogens is 2. The molecule has 1 aromatic heterocycles. The maximum absolute atomic E-state index is 11.6. The fraction of sp³-hybridized carbons (Fsp3) is 0.636. The first-order valence-electron chi connectivity index (χ1n) is 6.07. The average molecular weight is 270 g/mol. The van der Waals surface area contributed by atoms with Gasteiger partial charge in [-0.05, 0) is 5.92 Å². The largest absolute Gasteiger partial charge is 0.480 e. The van der Waals surface area contributed by atoms with Crippen molar-refractivity contribution < 1.29 is 19.2 Å². The molecule has 1 unspecified atom stereocenters. The molecule has 8 heteroatoms. The van der Waals surface area contributed by atoms with Crippen molar-refractivity contribution in [1.29, 1.82) is 0 Å². The first-order chi connectivity index (χ1) is 9.04. The minimum absolute atomic E-state index is 0.138. The van der Waals surface area contributed by atoms with E-state index in [2.05, 4.69) is 25.3 Å². The van der Waals surface area contributed by atoms with Gasteiger partial charge in [0.15, 0.2) is 5.82 Å². The summed E-state index contributed by atoms with van der Waals surface area (Å²) in [5, 5.41) is 17.6. The zero-order valence-electron chi connectivity index (χ0n) is 10.9. The van der Waals surface area contributed by atoms with Crippen molar-refractivity contribution in [3.63, 3.8) is 0 Å². The summed E-state index contributed by atoms with van der Waals surface area (Å²) in [4.78, 5) is 26.4. The second-order valence-electron chi connectivity index (χ2n) is 4.20. The first-order valence-corrected chi connectivity index (χ1v) is 6.07. The van der Waals surface area contributed by atoms with Crippen LogP contribution < -0.4 is 10.6 Å². The fourth-order valence-electron chi connectivity index (χ4n) is 1.47. The maximum atomic E-state index is 11.6. The lowest BCUT2D eigenvalue weighted by molar-refractivity contribution is -0.140. The normalized spacial score (nSPS) is 13.6. The second-order valence-corrected chi connectivity index (χ2v) is 4.20. The zero-order chi connectivity index (χ0) is 14.3. The maximum Gasteiger partial charge on any atom is 0.326 e. The van der Waals surface area contributed by atoms with Gasteiger partial charge >= 0.3 is 12.0 Å². The molecule has 0 spiro atoms. The molecule has 0 radical (unpaired) electrons. The number of aliphatic carboxylic acids is 1. The summed E-state index contributed by atoms with van der Waals surface area (Å²) in [6.07, 6.45) is 2.30. The minimum atomic E-state index is -1.04. The number of carbonyl (C=O) groups is 2. The van der Waals surface area contributed by atoms with E-state index < -0.39 is 18.0 Å². The molecule has 8 nitrogen and oxygen atoms in total. The van der Waals surface area contributed by atoms with Crippen molar-refractivity contribution in [1.82, 2.24) is 20.8 Å². The molecule has 1 rings (SSSR count). The lowest BCUT2D eigenvalue weighted by atomic mass is 9.99. The monoisotopic (exact) mass is 270 g/mol. The Bertz CT molecular complexity index is 407. The van der Waals surface area contributed by atoms with E-state index in [1.54, 1.807) is 6.92 Å². The molecule has 0 aromatic carbocycles. The van der Waals surface area contributed by atoms with E-state index in [9.17, 15) is 9.59 Å². The van der Waals surface area contributed by atoms with E-state index in [4.69, 9.17) is 5.11 Å². The van der Waals surface area contributed by atoms with Crippen molar-refractivity contribution >= 4 is 12.0 Å². The van der Waals surface area contributed by atoms with Gasteiger partial charge in [-0.25, -0.2) is 9.59 Å². The summed E-state index contributed by atoms with van der Waals surface area (Å²) in [6, 6.07) is -1.41. The highest BCUT2D eigenvalue weighted by Crippen LogP contribution is 2.07. The van der Waals surface area contributed by atoms with Crippen LogP contribution in [0.5, 0.6) is 0 Å². The third-order valence-corrected chi connectivity index (χ3v) is 2.81. The Labute approximate surface area is 110 Å². The van der Waals surface area contributed by atoms with Crippen LogP contribution >= 0.6 is 0 Å². The summed E-state index contributed by atoms with van der Waals surface area (Å²) in [6.45, 7) is 3.95. The number of nitrogens with zero attached hydrogens (tertiary/aromatic N) is 2. The molecule has 2 amide bonds. The Morgan fingerprint density at radius 3 is 2.79 bits per heavy atom. The molecule has 1 heterocycles. The number of hydrogen-bond acceptors (Lipinski definition) is 5. The number of carbonyl (C=O) groups excluding carboxylic acids is 1. The fourth-order valence-corrected chi connectivity index (χ4v) is 1.47. The molecule has 0 saturated carbocycles. The molecule has 0 aliphatic heterocycles. The third kappa shape index (κ3) is 4.94. The lowest BCUT2D eigenvalue weighted by Crippen LogP contribution is -2.49. The predicted molar refractivity (Wildman–Crippen MR) is 65.4 cm³/mol. The summed E-state index contributed by atoms with van der Waals surface area (Å²) < 4.78 is 4.55. The van der Waals surface area contributed by atoms with E-state index in [1.165, 1.54) is 6.39 Å². The Balaban J connectivity index is 2.34. The SMILES string of the molecule is CCC(C)[C@H](NC(=O)NCCc1ncon1)C(=O)O. The van der Waals surface area contributed by atoms with Crippen LogP contribution in [0.25, 0.3) is 0 Å². The molecule has 2 atom stereocenters. The molecule has 3 N–H and O–H groups in total. The summed E-state index contributed by atoms with van der Waals surface area (Å²) in [5.41, 5.74) is 0. The van der Waals surface area contributed by atoms with Crippen molar-refractivity contribution in [3.05, 3.63) is 12.2 Å². The van der Waals surface area contributed by atoms with Crippen molar-refractivity contribution in [3.8, 4) is 0 Å². The van der Waals surface area contributed by atoms with E-state index in [0.717, 1.165) is 0 Å². The number of carboxylic acids is 1. The van der Waals surface area contributed by atoms with Crippen LogP contribution in [0.2, 0.25) is 0 Å². The highest BCUT2D eigenvalue weighted by atomic mass is 16.5. The van der Waals surface area contributed by atoms with E-state index in [-0.39, 0.29) is 5.92 Å². The van der Waals surface area contributed by atoms with Crippen molar-refractivity contribution in [2.24, 2.45) is 5.92 Å². The standard InChI is InChI=1S/C11H18N4O4/c1-3-7(2)9(10(16)17)14-11(18)12-5-4-8-13-6-19-15-8/h6-7,9H,3-5H2,1-2H3,(H,16,17)(H2,12,14,18)/t7?,9-/m0/s1. The number of rotatable bonds is 7. The molecule has 0 saturated heterocycles. The molecular formula is C11H18N4O4. The Morgan fingerprint density at radius 2 is 2.26 bits per heavy atom. The number of hydrogen-bond donors (Lipinski definition) is 3. The predicted octanol–water partition coefficient (Wildman–Crippen LogP) is 0.411. The molecule has 0 aliphatic rings. The lowest BCUT2D eigenvalue weighted by Gasteiger charge is -2.20. The van der Waals surface area contributed by atoms with Gasteiger partial charge in [0.1, 0.15) is 6.04 Å². The zero-order valence-corrected chi connectivity index (χ0v) is 10.9. The van der Waals surface area contributed by atoms with E-state index >= 15 is 0 Å². The molecule has 0 aliphatic carbocycles. The molecule has 106 valence electrons. The highest BCUT2D eigenvalue weighted by Gasteiger charge is 2.24. The summed E-state index contributed by atoms with van der Waals surface area (Å²) in [5.74, 6) is -0.694. The van der Waals surface area contributed by atoms with Gasteiger partial charge in [0.2, 0.25) is 6.39 Å². The average Bonchev–Trinajstić information content (AvgIpc) is 2.87. The van der Waals surface area contributed by atoms with Crippen LogP contribution in [0.1, 0.15) is 26.1 Å². The Hall–Kier alpha value is -2.12. The number of urea groups is 1. The van der Waals surface area contributed by atoms with Gasteiger partial charge < -0.3 is 20.3 Å². The van der Waals surface area contributed by atoms with Gasteiger partial charge in [0.05, 0.1) is 0 Å². The van der Waals surface area contributed by atoms with Gasteiger partial charge in [0, 0.05) is 13.0 Å². The first kappa shape index (κ1) is 14.9. The summed E-state index contributed by atoms with van der Waals surface area (Å²) in [7, 11) is 0.